The standard InChI is InChI=1S/C16H17N3O2S/c1-11-15(18-14-7-3-4-8-19(11)14)16(20)17-10-12(21-2)13-6-5-9-22-13/h3-9,12H,10H2,1-2H3,(H,17,20). The van der Waals surface area contributed by atoms with E-state index < -0.39 is 0 Å². The molecule has 0 aliphatic heterocycles. The molecule has 0 saturated carbocycles. The molecule has 3 aromatic rings. The van der Waals surface area contributed by atoms with Gasteiger partial charge in [-0.3, -0.25) is 4.79 Å². The number of methoxy groups -OCH3 is 1. The van der Waals surface area contributed by atoms with E-state index in [0.29, 0.717) is 12.2 Å². The smallest absolute Gasteiger partial charge is 0.271 e. The number of carbonyl (C=O) groups excluding carboxylic acids is 1. The van der Waals surface area contributed by atoms with Gasteiger partial charge in [0.2, 0.25) is 0 Å². The second-order valence-corrected chi connectivity index (χ2v) is 5.90. The van der Waals surface area contributed by atoms with E-state index >= 15 is 0 Å². The minimum absolute atomic E-state index is 0.138. The molecule has 1 amide bonds. The zero-order chi connectivity index (χ0) is 15.5. The topological polar surface area (TPSA) is 55.6 Å². The van der Waals surface area contributed by atoms with E-state index in [-0.39, 0.29) is 12.0 Å². The summed E-state index contributed by atoms with van der Waals surface area (Å²) >= 11 is 1.61. The summed E-state index contributed by atoms with van der Waals surface area (Å²) in [5.74, 6) is -0.181. The Labute approximate surface area is 132 Å². The van der Waals surface area contributed by atoms with E-state index in [2.05, 4.69) is 10.3 Å². The first-order valence-electron chi connectivity index (χ1n) is 6.99. The normalized spacial score (nSPS) is 12.5. The number of rotatable bonds is 5. The van der Waals surface area contributed by atoms with Crippen LogP contribution in [0, 0.1) is 6.92 Å². The molecule has 6 heteroatoms. The number of nitrogens with zero attached hydrogens (tertiary/aromatic N) is 2. The number of nitrogens with one attached hydrogen (secondary N) is 1. The molecule has 0 spiro atoms. The Bertz CT molecular complexity index is 780. The van der Waals surface area contributed by atoms with Gasteiger partial charge in [-0.05, 0) is 30.5 Å². The lowest BCUT2D eigenvalue weighted by Gasteiger charge is -2.14. The highest BCUT2D eigenvalue weighted by Gasteiger charge is 2.18. The number of carbonyl (C=O) groups is 1. The zero-order valence-corrected chi connectivity index (χ0v) is 13.3. The van der Waals surface area contributed by atoms with Crippen LogP contribution in [0.15, 0.2) is 41.9 Å². The number of aromatic nitrogens is 2. The number of imidazole rings is 1. The minimum atomic E-state index is -0.181. The number of ether oxygens (including phenoxy) is 1. The fourth-order valence-electron chi connectivity index (χ4n) is 2.38. The Morgan fingerprint density at radius 2 is 2.27 bits per heavy atom. The van der Waals surface area contributed by atoms with Crippen molar-refractivity contribution < 1.29 is 9.53 Å². The maximum atomic E-state index is 12.4. The molecule has 1 unspecified atom stereocenters. The summed E-state index contributed by atoms with van der Waals surface area (Å²) in [6, 6.07) is 9.68. The Kier molecular flexibility index (Phi) is 4.22. The summed E-state index contributed by atoms with van der Waals surface area (Å²) in [4.78, 5) is 17.9. The summed E-state index contributed by atoms with van der Waals surface area (Å²) in [7, 11) is 1.65. The van der Waals surface area contributed by atoms with Gasteiger partial charge in [0.15, 0.2) is 0 Å². The van der Waals surface area contributed by atoms with Crippen LogP contribution in [-0.4, -0.2) is 28.9 Å². The van der Waals surface area contributed by atoms with E-state index in [4.69, 9.17) is 4.74 Å². The van der Waals surface area contributed by atoms with Crippen molar-refractivity contribution in [3.05, 3.63) is 58.2 Å². The van der Waals surface area contributed by atoms with Gasteiger partial charge in [-0.15, -0.1) is 11.3 Å². The molecule has 0 bridgehead atoms. The monoisotopic (exact) mass is 315 g/mol. The molecule has 0 fully saturated rings. The van der Waals surface area contributed by atoms with Gasteiger partial charge in [0.1, 0.15) is 17.4 Å². The predicted octanol–water partition coefficient (Wildman–Crippen LogP) is 2.82. The molecule has 0 radical (unpaired) electrons. The lowest BCUT2D eigenvalue weighted by atomic mass is 10.2. The third-order valence-electron chi connectivity index (χ3n) is 3.58. The molecule has 0 aliphatic rings. The zero-order valence-electron chi connectivity index (χ0n) is 12.4. The van der Waals surface area contributed by atoms with Crippen LogP contribution < -0.4 is 5.32 Å². The van der Waals surface area contributed by atoms with Crippen LogP contribution in [0.2, 0.25) is 0 Å². The molecule has 0 aliphatic carbocycles. The van der Waals surface area contributed by atoms with Crippen molar-refractivity contribution >= 4 is 22.9 Å². The van der Waals surface area contributed by atoms with Crippen LogP contribution in [0.4, 0.5) is 0 Å². The summed E-state index contributed by atoms with van der Waals surface area (Å²) < 4.78 is 7.34. The summed E-state index contributed by atoms with van der Waals surface area (Å²) in [6.45, 7) is 2.31. The molecule has 3 heterocycles. The van der Waals surface area contributed by atoms with Gasteiger partial charge >= 0.3 is 0 Å². The van der Waals surface area contributed by atoms with E-state index in [1.165, 1.54) is 0 Å². The van der Waals surface area contributed by atoms with Crippen LogP contribution in [0.5, 0.6) is 0 Å². The molecule has 22 heavy (non-hydrogen) atoms. The van der Waals surface area contributed by atoms with Crippen LogP contribution in [0.3, 0.4) is 0 Å². The minimum Gasteiger partial charge on any atom is -0.374 e. The van der Waals surface area contributed by atoms with E-state index in [1.54, 1.807) is 18.4 Å². The average Bonchev–Trinajstić information content (AvgIpc) is 3.17. The van der Waals surface area contributed by atoms with Gasteiger partial charge in [-0.25, -0.2) is 4.98 Å². The van der Waals surface area contributed by atoms with E-state index in [1.807, 2.05) is 53.2 Å². The van der Waals surface area contributed by atoms with E-state index in [0.717, 1.165) is 16.2 Å². The second kappa shape index (κ2) is 6.29. The summed E-state index contributed by atoms with van der Waals surface area (Å²) in [5, 5.41) is 4.90. The van der Waals surface area contributed by atoms with Crippen LogP contribution in [-0.2, 0) is 4.74 Å². The number of aryl methyl sites for hydroxylation is 1. The molecular formula is C16H17N3O2S. The van der Waals surface area contributed by atoms with Gasteiger partial charge in [-0.2, -0.15) is 0 Å². The number of pyridine rings is 1. The Hall–Kier alpha value is -2.18. The quantitative estimate of drug-likeness (QED) is 0.787. The molecule has 5 nitrogen and oxygen atoms in total. The van der Waals surface area contributed by atoms with Gasteiger partial charge in [0, 0.05) is 24.7 Å². The van der Waals surface area contributed by atoms with Crippen molar-refractivity contribution in [2.24, 2.45) is 0 Å². The third-order valence-corrected chi connectivity index (χ3v) is 4.54. The predicted molar refractivity (Wildman–Crippen MR) is 86.3 cm³/mol. The highest BCUT2D eigenvalue weighted by Crippen LogP contribution is 2.21. The molecular weight excluding hydrogens is 298 g/mol. The molecule has 1 atom stereocenters. The van der Waals surface area contributed by atoms with Crippen molar-refractivity contribution in [2.45, 2.75) is 13.0 Å². The van der Waals surface area contributed by atoms with Crippen LogP contribution >= 0.6 is 11.3 Å². The SMILES string of the molecule is COC(CNC(=O)c1nc2ccccn2c1C)c1cccs1. The van der Waals surface area contributed by atoms with E-state index in [9.17, 15) is 4.79 Å². The first-order chi connectivity index (χ1) is 10.7. The van der Waals surface area contributed by atoms with Crippen LogP contribution in [0.25, 0.3) is 5.65 Å². The molecule has 3 rings (SSSR count). The highest BCUT2D eigenvalue weighted by atomic mass is 32.1. The molecule has 0 aromatic carbocycles. The molecule has 114 valence electrons. The number of amides is 1. The fourth-order valence-corrected chi connectivity index (χ4v) is 3.18. The van der Waals surface area contributed by atoms with Gasteiger partial charge in [0.05, 0.1) is 5.69 Å². The number of fused-ring (bicyclic) bond motifs is 1. The lowest BCUT2D eigenvalue weighted by Crippen LogP contribution is -2.29. The summed E-state index contributed by atoms with van der Waals surface area (Å²) in [6.07, 6.45) is 1.76. The second-order valence-electron chi connectivity index (χ2n) is 4.92. The number of thiophene rings is 1. The largest absolute Gasteiger partial charge is 0.374 e. The van der Waals surface area contributed by atoms with Crippen molar-refractivity contribution in [3.8, 4) is 0 Å². The van der Waals surface area contributed by atoms with Gasteiger partial charge in [0.25, 0.3) is 5.91 Å². The molecule has 1 N–H and O–H groups in total. The Balaban J connectivity index is 1.74. The summed E-state index contributed by atoms with van der Waals surface area (Å²) in [5.41, 5.74) is 2.05. The van der Waals surface area contributed by atoms with Gasteiger partial charge < -0.3 is 14.5 Å². The maximum Gasteiger partial charge on any atom is 0.271 e. The van der Waals surface area contributed by atoms with Crippen molar-refractivity contribution in [2.75, 3.05) is 13.7 Å². The van der Waals surface area contributed by atoms with Crippen LogP contribution in [0.1, 0.15) is 27.2 Å². The van der Waals surface area contributed by atoms with Crippen molar-refractivity contribution in [3.63, 3.8) is 0 Å². The first-order valence-corrected chi connectivity index (χ1v) is 7.86. The average molecular weight is 315 g/mol. The molecule has 0 saturated heterocycles. The highest BCUT2D eigenvalue weighted by molar-refractivity contribution is 7.10. The molecule has 3 aromatic heterocycles. The van der Waals surface area contributed by atoms with Crippen molar-refractivity contribution in [1.29, 1.82) is 0 Å². The van der Waals surface area contributed by atoms with Gasteiger partial charge in [-0.1, -0.05) is 12.1 Å². The lowest BCUT2D eigenvalue weighted by molar-refractivity contribution is 0.0833. The Morgan fingerprint density at radius 1 is 1.41 bits per heavy atom. The Morgan fingerprint density at radius 3 is 2.95 bits per heavy atom. The maximum absolute atomic E-state index is 12.4. The van der Waals surface area contributed by atoms with Crippen molar-refractivity contribution in [1.82, 2.24) is 14.7 Å². The fraction of sp³-hybridized carbons (Fsp3) is 0.250. The number of hydrogen-bond donors (Lipinski definition) is 1. The third kappa shape index (κ3) is 2.75. The first kappa shape index (κ1) is 14.7. The number of hydrogen-bond acceptors (Lipinski definition) is 4.